The van der Waals surface area contributed by atoms with Gasteiger partial charge >= 0.3 is 12.1 Å². The molecule has 1 aliphatic carbocycles. The van der Waals surface area contributed by atoms with E-state index in [0.717, 1.165) is 43.9 Å². The third kappa shape index (κ3) is 3.89. The van der Waals surface area contributed by atoms with E-state index in [2.05, 4.69) is 6.92 Å². The van der Waals surface area contributed by atoms with Crippen molar-refractivity contribution in [3.63, 3.8) is 0 Å². The highest BCUT2D eigenvalue weighted by Crippen LogP contribution is 2.32. The molecule has 2 unspecified atom stereocenters. The molecule has 2 N–H and O–H groups in total. The zero-order valence-electron chi connectivity index (χ0n) is 11.7. The molecule has 2 atom stereocenters. The lowest BCUT2D eigenvalue weighted by Crippen LogP contribution is -2.25. The molecule has 0 aliphatic heterocycles. The molecule has 1 saturated carbocycles. The van der Waals surface area contributed by atoms with Gasteiger partial charge < -0.3 is 10.5 Å². The van der Waals surface area contributed by atoms with Gasteiger partial charge in [0.25, 0.3) is 0 Å². The number of carbonyl (C=O) groups is 1. The average molecular weight is 301 g/mol. The molecule has 0 heterocycles. The summed E-state index contributed by atoms with van der Waals surface area (Å²) in [5, 5.41) is 0. The normalized spacial score (nSPS) is 22.9. The molecule has 3 nitrogen and oxygen atoms in total. The third-order valence-electron chi connectivity index (χ3n) is 3.76. The highest BCUT2D eigenvalue weighted by molar-refractivity contribution is 5.95. The molecule has 116 valence electrons. The summed E-state index contributed by atoms with van der Waals surface area (Å²) in [6.45, 7) is 2.09. The van der Waals surface area contributed by atoms with Gasteiger partial charge in [0.15, 0.2) is 0 Å². The van der Waals surface area contributed by atoms with E-state index >= 15 is 0 Å². The lowest BCUT2D eigenvalue weighted by atomic mass is 9.89. The Kier molecular flexibility index (Phi) is 4.44. The number of benzene rings is 1. The first-order chi connectivity index (χ1) is 9.77. The van der Waals surface area contributed by atoms with E-state index < -0.39 is 17.7 Å². The van der Waals surface area contributed by atoms with Crippen LogP contribution in [0.4, 0.5) is 18.9 Å². The van der Waals surface area contributed by atoms with E-state index in [1.807, 2.05) is 0 Å². The molecule has 1 fully saturated rings. The Balaban J connectivity index is 2.09. The van der Waals surface area contributed by atoms with Crippen molar-refractivity contribution in [3.8, 4) is 0 Å². The maximum atomic E-state index is 12.5. The Bertz CT molecular complexity index is 528. The van der Waals surface area contributed by atoms with Crippen molar-refractivity contribution in [2.45, 2.75) is 44.9 Å². The molecule has 1 aromatic rings. The number of nitrogens with two attached hydrogens (primary N) is 1. The second kappa shape index (κ2) is 5.95. The topological polar surface area (TPSA) is 52.3 Å². The van der Waals surface area contributed by atoms with Crippen molar-refractivity contribution >= 4 is 11.7 Å². The van der Waals surface area contributed by atoms with Crippen LogP contribution in [0.2, 0.25) is 0 Å². The van der Waals surface area contributed by atoms with Crippen LogP contribution in [-0.4, -0.2) is 12.1 Å². The van der Waals surface area contributed by atoms with E-state index in [4.69, 9.17) is 10.5 Å². The van der Waals surface area contributed by atoms with Crippen molar-refractivity contribution in [3.05, 3.63) is 29.3 Å². The monoisotopic (exact) mass is 301 g/mol. The lowest BCUT2D eigenvalue weighted by Gasteiger charge is -2.26. The summed E-state index contributed by atoms with van der Waals surface area (Å²) in [5.74, 6) is -0.165. The van der Waals surface area contributed by atoms with Gasteiger partial charge in [0.05, 0.1) is 11.1 Å². The fourth-order valence-electron chi connectivity index (χ4n) is 2.63. The lowest BCUT2D eigenvalue weighted by molar-refractivity contribution is -0.137. The van der Waals surface area contributed by atoms with Gasteiger partial charge in [-0.1, -0.05) is 13.3 Å². The minimum absolute atomic E-state index is 0.0128. The largest absolute Gasteiger partial charge is 0.459 e. The SMILES string of the molecule is CC1CCCC(OC(=O)c2ccc(C(F)(F)F)cc2N)C1. The molecule has 1 aliphatic rings. The molecule has 0 radical (unpaired) electrons. The van der Waals surface area contributed by atoms with Gasteiger partial charge in [-0.2, -0.15) is 13.2 Å². The standard InChI is InChI=1S/C15H18F3NO2/c1-9-3-2-4-11(7-9)21-14(20)12-6-5-10(8-13(12)19)15(16,17)18/h5-6,8-9,11H,2-4,7,19H2,1H3. The van der Waals surface area contributed by atoms with Crippen LogP contribution in [0.25, 0.3) is 0 Å². The fourth-order valence-corrected chi connectivity index (χ4v) is 2.63. The molecule has 2 rings (SSSR count). The minimum Gasteiger partial charge on any atom is -0.459 e. The van der Waals surface area contributed by atoms with Gasteiger partial charge in [0.2, 0.25) is 0 Å². The quantitative estimate of drug-likeness (QED) is 0.663. The first-order valence-corrected chi connectivity index (χ1v) is 6.95. The van der Waals surface area contributed by atoms with Crippen LogP contribution in [0.15, 0.2) is 18.2 Å². The van der Waals surface area contributed by atoms with Gasteiger partial charge in [-0.25, -0.2) is 4.79 Å². The number of hydrogen-bond donors (Lipinski definition) is 1. The molecular formula is C15H18F3NO2. The van der Waals surface area contributed by atoms with E-state index in [0.29, 0.717) is 5.92 Å². The Labute approximate surface area is 121 Å². The van der Waals surface area contributed by atoms with Crippen molar-refractivity contribution in [2.75, 3.05) is 5.73 Å². The summed E-state index contributed by atoms with van der Waals surface area (Å²) in [7, 11) is 0. The van der Waals surface area contributed by atoms with Crippen LogP contribution in [-0.2, 0) is 10.9 Å². The molecule has 0 bridgehead atoms. The van der Waals surface area contributed by atoms with Gasteiger partial charge in [-0.3, -0.25) is 0 Å². The Morgan fingerprint density at radius 1 is 1.33 bits per heavy atom. The zero-order valence-corrected chi connectivity index (χ0v) is 11.7. The van der Waals surface area contributed by atoms with Crippen LogP contribution >= 0.6 is 0 Å². The summed E-state index contributed by atoms with van der Waals surface area (Å²) >= 11 is 0. The summed E-state index contributed by atoms with van der Waals surface area (Å²) in [6, 6.07) is 2.68. The van der Waals surface area contributed by atoms with Crippen LogP contribution in [0, 0.1) is 5.92 Å². The molecule has 0 amide bonds. The second-order valence-corrected chi connectivity index (χ2v) is 5.60. The van der Waals surface area contributed by atoms with Crippen molar-refractivity contribution in [1.29, 1.82) is 0 Å². The molecule has 6 heteroatoms. The predicted molar refractivity (Wildman–Crippen MR) is 72.7 cm³/mol. The number of carbonyl (C=O) groups excluding carboxylic acids is 1. The van der Waals surface area contributed by atoms with Crippen molar-refractivity contribution < 1.29 is 22.7 Å². The number of alkyl halides is 3. The first kappa shape index (κ1) is 15.7. The van der Waals surface area contributed by atoms with Gasteiger partial charge in [-0.05, 0) is 43.4 Å². The van der Waals surface area contributed by atoms with Crippen molar-refractivity contribution in [1.82, 2.24) is 0 Å². The number of anilines is 1. The van der Waals surface area contributed by atoms with E-state index in [1.165, 1.54) is 0 Å². The molecular weight excluding hydrogens is 283 g/mol. The van der Waals surface area contributed by atoms with Gasteiger partial charge in [0.1, 0.15) is 6.10 Å². The second-order valence-electron chi connectivity index (χ2n) is 5.60. The molecule has 0 spiro atoms. The predicted octanol–water partition coefficient (Wildman–Crippen LogP) is 4.02. The number of esters is 1. The van der Waals surface area contributed by atoms with E-state index in [1.54, 1.807) is 0 Å². The molecule has 0 saturated heterocycles. The number of halogens is 3. The molecule has 21 heavy (non-hydrogen) atoms. The van der Waals surface area contributed by atoms with E-state index in [9.17, 15) is 18.0 Å². The summed E-state index contributed by atoms with van der Waals surface area (Å²) in [4.78, 5) is 12.0. The third-order valence-corrected chi connectivity index (χ3v) is 3.76. The summed E-state index contributed by atoms with van der Waals surface area (Å²) in [5.41, 5.74) is 4.46. The Morgan fingerprint density at radius 2 is 2.05 bits per heavy atom. The Morgan fingerprint density at radius 3 is 2.62 bits per heavy atom. The van der Waals surface area contributed by atoms with Crippen LogP contribution in [0.1, 0.15) is 48.5 Å². The molecule has 0 aromatic heterocycles. The summed E-state index contributed by atoms with van der Waals surface area (Å²) < 4.78 is 43.0. The average Bonchev–Trinajstić information content (AvgIpc) is 2.37. The van der Waals surface area contributed by atoms with Gasteiger partial charge in [-0.15, -0.1) is 0 Å². The maximum Gasteiger partial charge on any atom is 0.416 e. The van der Waals surface area contributed by atoms with Crippen LogP contribution in [0.5, 0.6) is 0 Å². The minimum atomic E-state index is -4.48. The van der Waals surface area contributed by atoms with Gasteiger partial charge in [0, 0.05) is 5.69 Å². The highest BCUT2D eigenvalue weighted by atomic mass is 19.4. The smallest absolute Gasteiger partial charge is 0.416 e. The number of rotatable bonds is 2. The van der Waals surface area contributed by atoms with E-state index in [-0.39, 0.29) is 17.4 Å². The number of hydrogen-bond acceptors (Lipinski definition) is 3. The highest BCUT2D eigenvalue weighted by Gasteiger charge is 2.31. The van der Waals surface area contributed by atoms with Crippen LogP contribution < -0.4 is 5.73 Å². The van der Waals surface area contributed by atoms with Crippen LogP contribution in [0.3, 0.4) is 0 Å². The zero-order chi connectivity index (χ0) is 15.6. The summed E-state index contributed by atoms with van der Waals surface area (Å²) in [6.07, 6.45) is -0.987. The number of nitrogen functional groups attached to an aromatic ring is 1. The molecule has 1 aromatic carbocycles. The number of ether oxygens (including phenoxy) is 1. The van der Waals surface area contributed by atoms with Crippen molar-refractivity contribution in [2.24, 2.45) is 5.92 Å². The Hall–Kier alpha value is -1.72. The first-order valence-electron chi connectivity index (χ1n) is 6.95. The maximum absolute atomic E-state index is 12.5. The fraction of sp³-hybridized carbons (Fsp3) is 0.533.